The van der Waals surface area contributed by atoms with Gasteiger partial charge in [0, 0.05) is 6.04 Å². The van der Waals surface area contributed by atoms with Gasteiger partial charge in [-0.15, -0.1) is 0 Å². The third-order valence-corrected chi connectivity index (χ3v) is 3.13. The Morgan fingerprint density at radius 1 is 1.11 bits per heavy atom. The minimum Gasteiger partial charge on any atom is -0.456 e. The van der Waals surface area contributed by atoms with Gasteiger partial charge in [-0.2, -0.15) is 0 Å². The van der Waals surface area contributed by atoms with Gasteiger partial charge in [0.2, 0.25) is 0 Å². The van der Waals surface area contributed by atoms with E-state index in [-0.39, 0.29) is 0 Å². The number of benzene rings is 1. The molecule has 3 heteroatoms. The fourth-order valence-corrected chi connectivity index (χ4v) is 1.96. The second-order valence-corrected chi connectivity index (χ2v) is 4.58. The molecular formula is C16H20N2O. The lowest BCUT2D eigenvalue weighted by molar-refractivity contribution is 0.477. The molecule has 1 heterocycles. The molecule has 0 saturated heterocycles. The molecular weight excluding hydrogens is 236 g/mol. The predicted molar refractivity (Wildman–Crippen MR) is 77.6 cm³/mol. The maximum atomic E-state index is 5.75. The molecule has 0 radical (unpaired) electrons. The summed E-state index contributed by atoms with van der Waals surface area (Å²) in [6.45, 7) is 4.20. The standard InChI is InChI=1S/C16H20N2O/c1-4-15(17-3)16-10-9-14(11-18-16)19-13-7-5-12(2)6-8-13/h5-11,15,17H,4H2,1-3H3. The minimum atomic E-state index is 0.299. The SMILES string of the molecule is CCC(NC)c1ccc(Oc2ccc(C)cc2)cn1. The Hall–Kier alpha value is -1.87. The number of rotatable bonds is 5. The molecule has 0 spiro atoms. The van der Waals surface area contributed by atoms with Crippen LogP contribution in [-0.2, 0) is 0 Å². The highest BCUT2D eigenvalue weighted by molar-refractivity contribution is 5.32. The molecule has 1 aromatic carbocycles. The maximum Gasteiger partial charge on any atom is 0.145 e. The fourth-order valence-electron chi connectivity index (χ4n) is 1.96. The minimum absolute atomic E-state index is 0.299. The molecule has 1 aromatic heterocycles. The number of hydrogen-bond acceptors (Lipinski definition) is 3. The van der Waals surface area contributed by atoms with Crippen molar-refractivity contribution in [3.05, 3.63) is 53.9 Å². The van der Waals surface area contributed by atoms with Crippen LogP contribution in [-0.4, -0.2) is 12.0 Å². The summed E-state index contributed by atoms with van der Waals surface area (Å²) < 4.78 is 5.75. The highest BCUT2D eigenvalue weighted by atomic mass is 16.5. The zero-order chi connectivity index (χ0) is 13.7. The second kappa shape index (κ2) is 6.34. The molecule has 1 atom stereocenters. The van der Waals surface area contributed by atoms with Crippen molar-refractivity contribution in [3.63, 3.8) is 0 Å². The molecule has 0 aliphatic rings. The van der Waals surface area contributed by atoms with E-state index >= 15 is 0 Å². The van der Waals surface area contributed by atoms with Crippen LogP contribution in [0.4, 0.5) is 0 Å². The zero-order valence-corrected chi connectivity index (χ0v) is 11.7. The normalized spacial score (nSPS) is 12.2. The van der Waals surface area contributed by atoms with Crippen molar-refractivity contribution in [1.29, 1.82) is 0 Å². The van der Waals surface area contributed by atoms with E-state index in [1.807, 2.05) is 43.4 Å². The number of pyridine rings is 1. The molecule has 3 nitrogen and oxygen atoms in total. The van der Waals surface area contributed by atoms with Crippen molar-refractivity contribution in [1.82, 2.24) is 10.3 Å². The number of aromatic nitrogens is 1. The molecule has 0 fully saturated rings. The zero-order valence-electron chi connectivity index (χ0n) is 11.7. The summed E-state index contributed by atoms with van der Waals surface area (Å²) in [6.07, 6.45) is 2.79. The highest BCUT2D eigenvalue weighted by Gasteiger charge is 2.07. The van der Waals surface area contributed by atoms with Crippen LogP contribution in [0.15, 0.2) is 42.6 Å². The van der Waals surface area contributed by atoms with E-state index < -0.39 is 0 Å². The van der Waals surface area contributed by atoms with Gasteiger partial charge < -0.3 is 10.1 Å². The molecule has 1 N–H and O–H groups in total. The van der Waals surface area contributed by atoms with Crippen LogP contribution in [0.5, 0.6) is 11.5 Å². The van der Waals surface area contributed by atoms with Gasteiger partial charge in [0.15, 0.2) is 0 Å². The first-order valence-corrected chi connectivity index (χ1v) is 6.60. The lowest BCUT2D eigenvalue weighted by atomic mass is 10.1. The number of hydrogen-bond donors (Lipinski definition) is 1. The first kappa shape index (κ1) is 13.6. The second-order valence-electron chi connectivity index (χ2n) is 4.58. The Labute approximate surface area is 114 Å². The van der Waals surface area contributed by atoms with Gasteiger partial charge >= 0.3 is 0 Å². The largest absolute Gasteiger partial charge is 0.456 e. The molecule has 0 saturated carbocycles. The summed E-state index contributed by atoms with van der Waals surface area (Å²) >= 11 is 0. The van der Waals surface area contributed by atoms with Crippen LogP contribution < -0.4 is 10.1 Å². The number of nitrogens with zero attached hydrogens (tertiary/aromatic N) is 1. The van der Waals surface area contributed by atoms with Crippen molar-refractivity contribution < 1.29 is 4.74 Å². The molecule has 0 amide bonds. The van der Waals surface area contributed by atoms with E-state index in [1.54, 1.807) is 6.20 Å². The van der Waals surface area contributed by atoms with Crippen LogP contribution in [0.1, 0.15) is 30.6 Å². The van der Waals surface area contributed by atoms with E-state index in [0.717, 1.165) is 23.6 Å². The Morgan fingerprint density at radius 2 is 1.79 bits per heavy atom. The first-order valence-electron chi connectivity index (χ1n) is 6.60. The van der Waals surface area contributed by atoms with Gasteiger partial charge in [0.05, 0.1) is 11.9 Å². The van der Waals surface area contributed by atoms with Crippen molar-refractivity contribution >= 4 is 0 Å². The van der Waals surface area contributed by atoms with Crippen LogP contribution >= 0.6 is 0 Å². The summed E-state index contributed by atoms with van der Waals surface area (Å²) in [5, 5.41) is 3.24. The van der Waals surface area contributed by atoms with Gasteiger partial charge in [-0.25, -0.2) is 0 Å². The summed E-state index contributed by atoms with van der Waals surface area (Å²) in [6, 6.07) is 12.3. The third kappa shape index (κ3) is 3.55. The number of nitrogens with one attached hydrogen (secondary N) is 1. The molecule has 1 unspecified atom stereocenters. The Balaban J connectivity index is 2.08. The van der Waals surface area contributed by atoms with E-state index in [4.69, 9.17) is 4.74 Å². The topological polar surface area (TPSA) is 34.1 Å². The summed E-state index contributed by atoms with van der Waals surface area (Å²) in [5.74, 6) is 1.60. The lowest BCUT2D eigenvalue weighted by Gasteiger charge is -2.13. The molecule has 100 valence electrons. The molecule has 19 heavy (non-hydrogen) atoms. The van der Waals surface area contributed by atoms with Gasteiger partial charge in [-0.05, 0) is 44.7 Å². The summed E-state index contributed by atoms with van der Waals surface area (Å²) in [5.41, 5.74) is 2.27. The average Bonchev–Trinajstić information content (AvgIpc) is 2.44. The van der Waals surface area contributed by atoms with Crippen LogP contribution in [0, 0.1) is 6.92 Å². The smallest absolute Gasteiger partial charge is 0.145 e. The van der Waals surface area contributed by atoms with Gasteiger partial charge in [-0.1, -0.05) is 24.6 Å². The van der Waals surface area contributed by atoms with Crippen LogP contribution in [0.3, 0.4) is 0 Å². The van der Waals surface area contributed by atoms with E-state index in [2.05, 4.69) is 24.1 Å². The van der Waals surface area contributed by atoms with Crippen LogP contribution in [0.2, 0.25) is 0 Å². The van der Waals surface area contributed by atoms with Crippen LogP contribution in [0.25, 0.3) is 0 Å². The average molecular weight is 256 g/mol. The first-order chi connectivity index (χ1) is 9.22. The lowest BCUT2D eigenvalue weighted by Crippen LogP contribution is -2.16. The Morgan fingerprint density at radius 3 is 2.32 bits per heavy atom. The van der Waals surface area contributed by atoms with Gasteiger partial charge in [-0.3, -0.25) is 4.98 Å². The highest BCUT2D eigenvalue weighted by Crippen LogP contribution is 2.22. The maximum absolute atomic E-state index is 5.75. The van der Waals surface area contributed by atoms with E-state index in [1.165, 1.54) is 5.56 Å². The van der Waals surface area contributed by atoms with E-state index in [9.17, 15) is 0 Å². The fraction of sp³-hybridized carbons (Fsp3) is 0.312. The molecule has 2 aromatic rings. The van der Waals surface area contributed by atoms with Crippen molar-refractivity contribution in [2.24, 2.45) is 0 Å². The quantitative estimate of drug-likeness (QED) is 0.882. The van der Waals surface area contributed by atoms with E-state index in [0.29, 0.717) is 6.04 Å². The van der Waals surface area contributed by atoms with Gasteiger partial charge in [0.25, 0.3) is 0 Å². The third-order valence-electron chi connectivity index (χ3n) is 3.13. The molecule has 0 bridgehead atoms. The predicted octanol–water partition coefficient (Wildman–Crippen LogP) is 3.85. The summed E-state index contributed by atoms with van der Waals surface area (Å²) in [4.78, 5) is 4.45. The van der Waals surface area contributed by atoms with Crippen molar-refractivity contribution in [2.45, 2.75) is 26.3 Å². The van der Waals surface area contributed by atoms with Crippen molar-refractivity contribution in [3.8, 4) is 11.5 Å². The Bertz CT molecular complexity index is 501. The summed E-state index contributed by atoms with van der Waals surface area (Å²) in [7, 11) is 1.95. The molecule has 2 rings (SSSR count). The molecule has 0 aliphatic carbocycles. The number of aryl methyl sites for hydroxylation is 1. The van der Waals surface area contributed by atoms with Gasteiger partial charge in [0.1, 0.15) is 11.5 Å². The Kier molecular flexibility index (Phi) is 4.53. The molecule has 0 aliphatic heterocycles. The monoisotopic (exact) mass is 256 g/mol. The number of ether oxygens (including phenoxy) is 1. The van der Waals surface area contributed by atoms with Crippen molar-refractivity contribution in [2.75, 3.05) is 7.05 Å².